The number of ether oxygens (including phenoxy) is 1. The lowest BCUT2D eigenvalue weighted by Crippen LogP contribution is -2.32. The summed E-state index contributed by atoms with van der Waals surface area (Å²) in [5.74, 6) is 0.818. The molecule has 0 radical (unpaired) electrons. The molecule has 0 amide bonds. The van der Waals surface area contributed by atoms with Crippen molar-refractivity contribution in [2.75, 3.05) is 13.7 Å². The molecule has 4 nitrogen and oxygen atoms in total. The van der Waals surface area contributed by atoms with Crippen molar-refractivity contribution in [3.63, 3.8) is 0 Å². The SMILES string of the molecule is CCCC(COC)NCc1ccnc(C)n1. The molecule has 90 valence electrons. The van der Waals surface area contributed by atoms with E-state index < -0.39 is 0 Å². The average molecular weight is 223 g/mol. The first-order valence-electron chi connectivity index (χ1n) is 5.77. The van der Waals surface area contributed by atoms with Gasteiger partial charge in [-0.15, -0.1) is 0 Å². The van der Waals surface area contributed by atoms with E-state index in [-0.39, 0.29) is 0 Å². The molecule has 0 aliphatic carbocycles. The topological polar surface area (TPSA) is 47.0 Å². The smallest absolute Gasteiger partial charge is 0.125 e. The molecule has 1 N–H and O–H groups in total. The van der Waals surface area contributed by atoms with E-state index >= 15 is 0 Å². The second-order valence-corrected chi connectivity index (χ2v) is 3.92. The summed E-state index contributed by atoms with van der Waals surface area (Å²) in [6, 6.07) is 2.35. The van der Waals surface area contributed by atoms with Crippen LogP contribution in [0.2, 0.25) is 0 Å². The van der Waals surface area contributed by atoms with E-state index in [2.05, 4.69) is 22.2 Å². The minimum absolute atomic E-state index is 0.408. The van der Waals surface area contributed by atoms with E-state index in [1.54, 1.807) is 13.3 Å². The van der Waals surface area contributed by atoms with Gasteiger partial charge in [0, 0.05) is 25.9 Å². The molecule has 1 unspecified atom stereocenters. The Morgan fingerprint density at radius 1 is 1.50 bits per heavy atom. The van der Waals surface area contributed by atoms with Crippen LogP contribution in [-0.4, -0.2) is 29.7 Å². The number of aryl methyl sites for hydroxylation is 1. The molecule has 0 saturated heterocycles. The van der Waals surface area contributed by atoms with Crippen LogP contribution in [0.25, 0.3) is 0 Å². The Labute approximate surface area is 97.5 Å². The lowest BCUT2D eigenvalue weighted by atomic mass is 10.2. The lowest BCUT2D eigenvalue weighted by molar-refractivity contribution is 0.161. The molecule has 0 aromatic carbocycles. The van der Waals surface area contributed by atoms with Crippen molar-refractivity contribution >= 4 is 0 Å². The summed E-state index contributed by atoms with van der Waals surface area (Å²) < 4.78 is 5.17. The first-order valence-corrected chi connectivity index (χ1v) is 5.77. The van der Waals surface area contributed by atoms with Crippen molar-refractivity contribution in [2.45, 2.75) is 39.3 Å². The Morgan fingerprint density at radius 3 is 2.94 bits per heavy atom. The fourth-order valence-electron chi connectivity index (χ4n) is 1.65. The summed E-state index contributed by atoms with van der Waals surface area (Å²) >= 11 is 0. The van der Waals surface area contributed by atoms with Gasteiger partial charge in [-0.3, -0.25) is 0 Å². The third-order valence-electron chi connectivity index (χ3n) is 2.41. The summed E-state index contributed by atoms with van der Waals surface area (Å²) in [6.45, 7) is 5.61. The normalized spacial score (nSPS) is 12.7. The number of hydrogen-bond acceptors (Lipinski definition) is 4. The highest BCUT2D eigenvalue weighted by molar-refractivity contribution is 5.01. The zero-order valence-electron chi connectivity index (χ0n) is 10.4. The summed E-state index contributed by atoms with van der Waals surface area (Å²) in [5, 5.41) is 3.45. The van der Waals surface area contributed by atoms with Gasteiger partial charge >= 0.3 is 0 Å². The molecule has 0 fully saturated rings. The predicted octanol–water partition coefficient (Wildman–Crippen LogP) is 1.69. The molecule has 1 aromatic rings. The van der Waals surface area contributed by atoms with Crippen LogP contribution in [-0.2, 0) is 11.3 Å². The highest BCUT2D eigenvalue weighted by Gasteiger charge is 2.06. The van der Waals surface area contributed by atoms with Crippen molar-refractivity contribution in [3.05, 3.63) is 23.8 Å². The third-order valence-corrected chi connectivity index (χ3v) is 2.41. The highest BCUT2D eigenvalue weighted by atomic mass is 16.5. The van der Waals surface area contributed by atoms with Crippen molar-refractivity contribution in [3.8, 4) is 0 Å². The molecule has 0 spiro atoms. The second kappa shape index (κ2) is 7.30. The Morgan fingerprint density at radius 2 is 2.31 bits per heavy atom. The minimum atomic E-state index is 0.408. The van der Waals surface area contributed by atoms with Crippen LogP contribution in [0.5, 0.6) is 0 Å². The molecule has 16 heavy (non-hydrogen) atoms. The Hall–Kier alpha value is -1.00. The van der Waals surface area contributed by atoms with Gasteiger partial charge in [-0.05, 0) is 19.4 Å². The lowest BCUT2D eigenvalue weighted by Gasteiger charge is -2.16. The zero-order chi connectivity index (χ0) is 11.8. The molecule has 1 heterocycles. The van der Waals surface area contributed by atoms with Crippen molar-refractivity contribution in [2.24, 2.45) is 0 Å². The van der Waals surface area contributed by atoms with Crippen molar-refractivity contribution < 1.29 is 4.74 Å². The monoisotopic (exact) mass is 223 g/mol. The summed E-state index contributed by atoms with van der Waals surface area (Å²) in [5.41, 5.74) is 1.03. The standard InChI is InChI=1S/C12H21N3O/c1-4-5-12(9-16-3)14-8-11-6-7-13-10(2)15-11/h6-7,12,14H,4-5,8-9H2,1-3H3. The van der Waals surface area contributed by atoms with Gasteiger partial charge in [-0.25, -0.2) is 9.97 Å². The molecule has 4 heteroatoms. The average Bonchev–Trinajstić information content (AvgIpc) is 2.27. The maximum atomic E-state index is 5.17. The van der Waals surface area contributed by atoms with Crippen LogP contribution < -0.4 is 5.32 Å². The molecule has 1 aromatic heterocycles. The van der Waals surface area contributed by atoms with Gasteiger partial charge in [-0.1, -0.05) is 13.3 Å². The largest absolute Gasteiger partial charge is 0.383 e. The van der Waals surface area contributed by atoms with Crippen LogP contribution in [0.15, 0.2) is 12.3 Å². The molecular weight excluding hydrogens is 202 g/mol. The summed E-state index contributed by atoms with van der Waals surface area (Å²) in [6.07, 6.45) is 4.08. The molecule has 0 aliphatic heterocycles. The Kier molecular flexibility index (Phi) is 5.96. The quantitative estimate of drug-likeness (QED) is 0.764. The number of hydrogen-bond donors (Lipinski definition) is 1. The van der Waals surface area contributed by atoms with E-state index in [9.17, 15) is 0 Å². The van der Waals surface area contributed by atoms with Gasteiger partial charge in [-0.2, -0.15) is 0 Å². The van der Waals surface area contributed by atoms with E-state index in [0.29, 0.717) is 6.04 Å². The molecule has 0 bridgehead atoms. The third kappa shape index (κ3) is 4.68. The van der Waals surface area contributed by atoms with Gasteiger partial charge in [0.15, 0.2) is 0 Å². The maximum absolute atomic E-state index is 5.17. The van der Waals surface area contributed by atoms with Gasteiger partial charge in [0.2, 0.25) is 0 Å². The molecule has 1 atom stereocenters. The summed E-state index contributed by atoms with van der Waals surface area (Å²) in [4.78, 5) is 8.43. The number of methoxy groups -OCH3 is 1. The van der Waals surface area contributed by atoms with Gasteiger partial charge < -0.3 is 10.1 Å². The maximum Gasteiger partial charge on any atom is 0.125 e. The first-order chi connectivity index (χ1) is 7.76. The van der Waals surface area contributed by atoms with E-state index in [0.717, 1.165) is 37.5 Å². The van der Waals surface area contributed by atoms with Crippen LogP contribution in [0.1, 0.15) is 31.3 Å². The number of aromatic nitrogens is 2. The zero-order valence-corrected chi connectivity index (χ0v) is 10.4. The van der Waals surface area contributed by atoms with Gasteiger partial charge in [0.05, 0.1) is 12.3 Å². The first kappa shape index (κ1) is 13.1. The molecule has 1 rings (SSSR count). The van der Waals surface area contributed by atoms with Crippen LogP contribution >= 0.6 is 0 Å². The fourth-order valence-corrected chi connectivity index (χ4v) is 1.65. The summed E-state index contributed by atoms with van der Waals surface area (Å²) in [7, 11) is 1.74. The second-order valence-electron chi connectivity index (χ2n) is 3.92. The van der Waals surface area contributed by atoms with E-state index in [1.165, 1.54) is 0 Å². The van der Waals surface area contributed by atoms with Crippen LogP contribution in [0.3, 0.4) is 0 Å². The highest BCUT2D eigenvalue weighted by Crippen LogP contribution is 2.00. The Balaban J connectivity index is 2.41. The fraction of sp³-hybridized carbons (Fsp3) is 0.667. The van der Waals surface area contributed by atoms with Gasteiger partial charge in [0.25, 0.3) is 0 Å². The molecule has 0 aliphatic rings. The predicted molar refractivity (Wildman–Crippen MR) is 64.2 cm³/mol. The Bertz CT molecular complexity index is 298. The van der Waals surface area contributed by atoms with Crippen molar-refractivity contribution in [1.29, 1.82) is 0 Å². The van der Waals surface area contributed by atoms with Gasteiger partial charge in [0.1, 0.15) is 5.82 Å². The molecule has 0 saturated carbocycles. The number of nitrogens with one attached hydrogen (secondary N) is 1. The number of rotatable bonds is 7. The van der Waals surface area contributed by atoms with E-state index in [1.807, 2.05) is 13.0 Å². The van der Waals surface area contributed by atoms with Crippen LogP contribution in [0, 0.1) is 6.92 Å². The van der Waals surface area contributed by atoms with E-state index in [4.69, 9.17) is 4.74 Å². The molecular formula is C12H21N3O. The number of nitrogens with zero attached hydrogens (tertiary/aromatic N) is 2. The van der Waals surface area contributed by atoms with Crippen molar-refractivity contribution in [1.82, 2.24) is 15.3 Å². The minimum Gasteiger partial charge on any atom is -0.383 e. The van der Waals surface area contributed by atoms with Crippen LogP contribution in [0.4, 0.5) is 0 Å².